The Bertz CT molecular complexity index is 153. The molecule has 0 saturated heterocycles. The molecule has 1 rings (SSSR count). The number of halogens is 5. The standard InChI is InChI=1S/C5H3F5/c6-3-4(7,8)1-2-5(3,9)10/h1-3H. The Hall–Kier alpha value is -0.610. The van der Waals surface area contributed by atoms with Crippen LogP contribution in [-0.4, -0.2) is 18.0 Å². The van der Waals surface area contributed by atoms with Crippen LogP contribution in [0.25, 0.3) is 0 Å². The molecule has 0 aliphatic heterocycles. The van der Waals surface area contributed by atoms with Crippen molar-refractivity contribution in [3.8, 4) is 0 Å². The zero-order chi connectivity index (χ0) is 7.99. The molecule has 10 heavy (non-hydrogen) atoms. The van der Waals surface area contributed by atoms with Gasteiger partial charge >= 0.3 is 11.8 Å². The highest BCUT2D eigenvalue weighted by molar-refractivity contribution is 5.18. The van der Waals surface area contributed by atoms with Crippen molar-refractivity contribution in [3.05, 3.63) is 12.2 Å². The van der Waals surface area contributed by atoms with Crippen LogP contribution in [0.3, 0.4) is 0 Å². The molecule has 0 fully saturated rings. The average molecular weight is 158 g/mol. The predicted molar refractivity (Wildman–Crippen MR) is 23.9 cm³/mol. The molecular formula is C5H3F5. The Morgan fingerprint density at radius 1 is 0.900 bits per heavy atom. The fourth-order valence-corrected chi connectivity index (χ4v) is 0.648. The quantitative estimate of drug-likeness (QED) is 0.374. The second-order valence-electron chi connectivity index (χ2n) is 2.04. The lowest BCUT2D eigenvalue weighted by Gasteiger charge is -2.15. The summed E-state index contributed by atoms with van der Waals surface area (Å²) in [5.41, 5.74) is 0. The summed E-state index contributed by atoms with van der Waals surface area (Å²) >= 11 is 0. The van der Waals surface area contributed by atoms with Crippen LogP contribution in [-0.2, 0) is 0 Å². The number of hydrogen-bond acceptors (Lipinski definition) is 0. The molecule has 5 heteroatoms. The Balaban J connectivity index is 2.88. The van der Waals surface area contributed by atoms with Crippen LogP contribution < -0.4 is 0 Å². The van der Waals surface area contributed by atoms with Gasteiger partial charge in [-0.1, -0.05) is 0 Å². The maximum absolute atomic E-state index is 11.9. The van der Waals surface area contributed by atoms with E-state index >= 15 is 0 Å². The summed E-state index contributed by atoms with van der Waals surface area (Å²) in [7, 11) is 0. The van der Waals surface area contributed by atoms with E-state index in [1.54, 1.807) is 0 Å². The molecule has 0 nitrogen and oxygen atoms in total. The van der Waals surface area contributed by atoms with Gasteiger partial charge in [0.2, 0.25) is 6.17 Å². The third kappa shape index (κ3) is 0.892. The van der Waals surface area contributed by atoms with Crippen molar-refractivity contribution >= 4 is 0 Å². The maximum atomic E-state index is 11.9. The van der Waals surface area contributed by atoms with Gasteiger partial charge in [-0.15, -0.1) is 0 Å². The molecule has 0 spiro atoms. The Labute approximate surface area is 53.3 Å². The SMILES string of the molecule is FC1C(F)(F)C=CC1(F)F. The summed E-state index contributed by atoms with van der Waals surface area (Å²) in [5.74, 6) is -8.02. The number of hydrogen-bond donors (Lipinski definition) is 0. The fourth-order valence-electron chi connectivity index (χ4n) is 0.648. The first-order chi connectivity index (χ1) is 4.36. The van der Waals surface area contributed by atoms with Crippen molar-refractivity contribution < 1.29 is 22.0 Å². The molecule has 0 aromatic heterocycles. The largest absolute Gasteiger partial charge is 0.303 e. The van der Waals surface area contributed by atoms with E-state index in [0.29, 0.717) is 0 Å². The van der Waals surface area contributed by atoms with Gasteiger partial charge in [0.25, 0.3) is 0 Å². The first kappa shape index (κ1) is 7.50. The van der Waals surface area contributed by atoms with Crippen molar-refractivity contribution in [2.45, 2.75) is 18.0 Å². The molecule has 0 radical (unpaired) electrons. The summed E-state index contributed by atoms with van der Waals surface area (Å²) in [6.07, 6.45) is -3.63. The van der Waals surface area contributed by atoms with Crippen LogP contribution in [0, 0.1) is 0 Å². The first-order valence-electron chi connectivity index (χ1n) is 2.46. The van der Waals surface area contributed by atoms with Crippen molar-refractivity contribution in [2.75, 3.05) is 0 Å². The van der Waals surface area contributed by atoms with Gasteiger partial charge < -0.3 is 0 Å². The van der Waals surface area contributed by atoms with Crippen LogP contribution in [0.15, 0.2) is 12.2 Å². The summed E-state index contributed by atoms with van der Waals surface area (Å²) in [6.45, 7) is 0. The van der Waals surface area contributed by atoms with Gasteiger partial charge in [0.05, 0.1) is 0 Å². The molecule has 0 aromatic rings. The van der Waals surface area contributed by atoms with Crippen LogP contribution in [0.5, 0.6) is 0 Å². The number of allylic oxidation sites excluding steroid dienone is 2. The Morgan fingerprint density at radius 3 is 1.30 bits per heavy atom. The smallest absolute Gasteiger partial charge is 0.233 e. The molecular weight excluding hydrogens is 155 g/mol. The highest BCUT2D eigenvalue weighted by Crippen LogP contribution is 2.41. The molecule has 58 valence electrons. The van der Waals surface area contributed by atoms with Crippen LogP contribution in [0.4, 0.5) is 22.0 Å². The van der Waals surface area contributed by atoms with Crippen LogP contribution in [0.2, 0.25) is 0 Å². The summed E-state index contributed by atoms with van der Waals surface area (Å²) in [4.78, 5) is 0. The van der Waals surface area contributed by atoms with E-state index < -0.39 is 18.0 Å². The van der Waals surface area contributed by atoms with Gasteiger partial charge in [0, 0.05) is 0 Å². The van der Waals surface area contributed by atoms with E-state index in [1.807, 2.05) is 0 Å². The van der Waals surface area contributed by atoms with E-state index in [2.05, 4.69) is 0 Å². The lowest BCUT2D eigenvalue weighted by Crippen LogP contribution is -2.35. The zero-order valence-corrected chi connectivity index (χ0v) is 4.62. The molecule has 0 amide bonds. The molecule has 0 unspecified atom stereocenters. The molecule has 1 aliphatic rings. The van der Waals surface area contributed by atoms with E-state index in [1.165, 1.54) is 0 Å². The van der Waals surface area contributed by atoms with Gasteiger partial charge in [0.15, 0.2) is 0 Å². The number of rotatable bonds is 0. The van der Waals surface area contributed by atoms with Gasteiger partial charge in [-0.05, 0) is 12.2 Å². The first-order valence-corrected chi connectivity index (χ1v) is 2.46. The van der Waals surface area contributed by atoms with Crippen LogP contribution in [0.1, 0.15) is 0 Å². The van der Waals surface area contributed by atoms with Crippen LogP contribution >= 0.6 is 0 Å². The third-order valence-electron chi connectivity index (χ3n) is 1.20. The molecule has 0 atom stereocenters. The van der Waals surface area contributed by atoms with Crippen molar-refractivity contribution in [2.24, 2.45) is 0 Å². The van der Waals surface area contributed by atoms with Gasteiger partial charge in [-0.25, -0.2) is 4.39 Å². The Morgan fingerprint density at radius 2 is 1.20 bits per heavy atom. The molecule has 0 heterocycles. The van der Waals surface area contributed by atoms with E-state index in [0.717, 1.165) is 0 Å². The summed E-state index contributed by atoms with van der Waals surface area (Å²) in [6, 6.07) is 0. The lowest BCUT2D eigenvalue weighted by molar-refractivity contribution is -0.115. The summed E-state index contributed by atoms with van der Waals surface area (Å²) < 4.78 is 59.5. The average Bonchev–Trinajstić information content (AvgIpc) is 1.95. The maximum Gasteiger partial charge on any atom is 0.303 e. The fraction of sp³-hybridized carbons (Fsp3) is 0.600. The minimum Gasteiger partial charge on any atom is -0.233 e. The van der Waals surface area contributed by atoms with E-state index in [4.69, 9.17) is 0 Å². The Kier molecular flexibility index (Phi) is 1.28. The minimum absolute atomic E-state index is 0.113. The van der Waals surface area contributed by atoms with E-state index in [9.17, 15) is 22.0 Å². The monoisotopic (exact) mass is 158 g/mol. The van der Waals surface area contributed by atoms with Gasteiger partial charge in [-0.3, -0.25) is 0 Å². The van der Waals surface area contributed by atoms with Crippen molar-refractivity contribution in [3.63, 3.8) is 0 Å². The second-order valence-corrected chi connectivity index (χ2v) is 2.04. The van der Waals surface area contributed by atoms with E-state index in [-0.39, 0.29) is 12.2 Å². The molecule has 1 aliphatic carbocycles. The van der Waals surface area contributed by atoms with Crippen molar-refractivity contribution in [1.82, 2.24) is 0 Å². The molecule has 0 saturated carbocycles. The molecule has 0 aromatic carbocycles. The second kappa shape index (κ2) is 1.71. The van der Waals surface area contributed by atoms with Gasteiger partial charge in [0.1, 0.15) is 0 Å². The third-order valence-corrected chi connectivity index (χ3v) is 1.20. The number of alkyl halides is 5. The molecule has 0 N–H and O–H groups in total. The zero-order valence-electron chi connectivity index (χ0n) is 4.62. The highest BCUT2D eigenvalue weighted by Gasteiger charge is 2.57. The minimum atomic E-state index is -4.01. The van der Waals surface area contributed by atoms with Crippen molar-refractivity contribution in [1.29, 1.82) is 0 Å². The molecule has 0 bridgehead atoms. The lowest BCUT2D eigenvalue weighted by atomic mass is 10.2. The van der Waals surface area contributed by atoms with Gasteiger partial charge in [-0.2, -0.15) is 17.6 Å². The summed E-state index contributed by atoms with van der Waals surface area (Å²) in [5, 5.41) is 0. The highest BCUT2D eigenvalue weighted by atomic mass is 19.3. The predicted octanol–water partition coefficient (Wildman–Crippen LogP) is 2.16. The normalized spacial score (nSPS) is 29.3. The topological polar surface area (TPSA) is 0 Å².